The largest absolute Gasteiger partial charge is 0.394 e. The Morgan fingerprint density at radius 2 is 1.76 bits per heavy atom. The third kappa shape index (κ3) is 8.64. The van der Waals surface area contributed by atoms with Crippen molar-refractivity contribution in [2.75, 3.05) is 19.8 Å². The number of Topliss-reactive ketones (excluding diaryl/α,β-unsaturated/α-hetero) is 1. The van der Waals surface area contributed by atoms with Crippen molar-refractivity contribution in [1.82, 2.24) is 10.6 Å². The number of ether oxygens (including phenoxy) is 1. The van der Waals surface area contributed by atoms with Gasteiger partial charge in [-0.05, 0) is 25.7 Å². The van der Waals surface area contributed by atoms with Crippen LogP contribution in [0.15, 0.2) is 12.2 Å². The topological polar surface area (TPSA) is 128 Å². The summed E-state index contributed by atoms with van der Waals surface area (Å²) in [6.45, 7) is 8.84. The van der Waals surface area contributed by atoms with Gasteiger partial charge in [-0.15, -0.1) is 6.58 Å². The lowest BCUT2D eigenvalue weighted by Crippen LogP contribution is -2.55. The zero-order valence-electron chi connectivity index (χ0n) is 17.8. The highest BCUT2D eigenvalue weighted by atomic mass is 16.6. The van der Waals surface area contributed by atoms with Gasteiger partial charge in [-0.1, -0.05) is 38.7 Å². The van der Waals surface area contributed by atoms with Crippen LogP contribution in [0.25, 0.3) is 0 Å². The van der Waals surface area contributed by atoms with E-state index in [4.69, 9.17) is 4.74 Å². The number of aliphatic hydroxyl groups excluding tert-OH is 2. The molecule has 0 unspecified atom stereocenters. The summed E-state index contributed by atoms with van der Waals surface area (Å²) < 4.78 is 5.08. The third-order valence-corrected chi connectivity index (χ3v) is 4.90. The second kappa shape index (κ2) is 12.0. The number of amides is 2. The van der Waals surface area contributed by atoms with E-state index in [-0.39, 0.29) is 25.4 Å². The lowest BCUT2D eigenvalue weighted by Gasteiger charge is -2.23. The van der Waals surface area contributed by atoms with E-state index >= 15 is 0 Å². The van der Waals surface area contributed by atoms with Gasteiger partial charge in [0.25, 0.3) is 0 Å². The Morgan fingerprint density at radius 3 is 2.24 bits per heavy atom. The Morgan fingerprint density at radius 1 is 1.10 bits per heavy atom. The molecule has 2 amide bonds. The van der Waals surface area contributed by atoms with Crippen molar-refractivity contribution in [2.24, 2.45) is 5.92 Å². The van der Waals surface area contributed by atoms with Gasteiger partial charge in [0.05, 0.1) is 25.9 Å². The minimum absolute atomic E-state index is 0.0991. The van der Waals surface area contributed by atoms with Crippen LogP contribution in [0.3, 0.4) is 0 Å². The zero-order chi connectivity index (χ0) is 22.0. The van der Waals surface area contributed by atoms with Gasteiger partial charge in [0.15, 0.2) is 11.4 Å². The molecular weight excluding hydrogens is 376 g/mol. The summed E-state index contributed by atoms with van der Waals surface area (Å²) in [7, 11) is 0. The van der Waals surface area contributed by atoms with Crippen LogP contribution in [-0.2, 0) is 19.1 Å². The van der Waals surface area contributed by atoms with Crippen LogP contribution in [-0.4, -0.2) is 65.3 Å². The molecule has 166 valence electrons. The van der Waals surface area contributed by atoms with E-state index in [0.29, 0.717) is 17.9 Å². The fourth-order valence-corrected chi connectivity index (χ4v) is 3.02. The molecule has 0 bridgehead atoms. The number of carbonyl (C=O) groups excluding carboxylic acids is 3. The number of rotatable bonds is 15. The fraction of sp³-hybridized carbons (Fsp3) is 0.762. The summed E-state index contributed by atoms with van der Waals surface area (Å²) in [4.78, 5) is 37.2. The van der Waals surface area contributed by atoms with Crippen molar-refractivity contribution in [2.45, 2.75) is 77.0 Å². The minimum atomic E-state index is -1.28. The van der Waals surface area contributed by atoms with Gasteiger partial charge in [0.1, 0.15) is 6.04 Å². The Hall–Kier alpha value is -1.77. The lowest BCUT2D eigenvalue weighted by molar-refractivity contribution is -0.134. The maximum Gasteiger partial charge on any atom is 0.245 e. The molecule has 0 aliphatic carbocycles. The number of epoxide rings is 1. The summed E-state index contributed by atoms with van der Waals surface area (Å²) in [5.74, 6) is -0.783. The summed E-state index contributed by atoms with van der Waals surface area (Å²) >= 11 is 0. The lowest BCUT2D eigenvalue weighted by atomic mass is 9.94. The normalized spacial score (nSPS) is 20.1. The highest BCUT2D eigenvalue weighted by Gasteiger charge is 2.54. The molecule has 8 nitrogen and oxygen atoms in total. The Labute approximate surface area is 173 Å². The van der Waals surface area contributed by atoms with Crippen molar-refractivity contribution in [3.63, 3.8) is 0 Å². The van der Waals surface area contributed by atoms with Crippen molar-refractivity contribution in [3.05, 3.63) is 12.2 Å². The maximum absolute atomic E-state index is 12.6. The van der Waals surface area contributed by atoms with Crippen LogP contribution in [0.4, 0.5) is 0 Å². The van der Waals surface area contributed by atoms with Crippen LogP contribution < -0.4 is 10.6 Å². The monoisotopic (exact) mass is 412 g/mol. The number of nitrogens with one attached hydrogen (secondary N) is 2. The molecule has 8 heteroatoms. The third-order valence-electron chi connectivity index (χ3n) is 4.90. The highest BCUT2D eigenvalue weighted by molar-refractivity contribution is 5.98. The first-order valence-corrected chi connectivity index (χ1v) is 10.3. The molecule has 0 spiro atoms. The van der Waals surface area contributed by atoms with Gasteiger partial charge >= 0.3 is 0 Å². The number of hydrogen-bond donors (Lipinski definition) is 4. The summed E-state index contributed by atoms with van der Waals surface area (Å²) in [6, 6.07) is -2.10. The van der Waals surface area contributed by atoms with Gasteiger partial charge in [-0.3, -0.25) is 14.4 Å². The van der Waals surface area contributed by atoms with Crippen molar-refractivity contribution < 1.29 is 29.3 Å². The molecule has 1 saturated heterocycles. The van der Waals surface area contributed by atoms with Gasteiger partial charge in [0.2, 0.25) is 11.8 Å². The molecule has 1 fully saturated rings. The summed E-state index contributed by atoms with van der Waals surface area (Å²) in [6.07, 6.45) is 4.26. The summed E-state index contributed by atoms with van der Waals surface area (Å²) in [5.41, 5.74) is -0.607. The van der Waals surface area contributed by atoms with Gasteiger partial charge in [0, 0.05) is 6.42 Å². The average molecular weight is 413 g/mol. The van der Waals surface area contributed by atoms with Crippen molar-refractivity contribution in [1.29, 1.82) is 0 Å². The second-order valence-corrected chi connectivity index (χ2v) is 8.32. The molecular formula is C21H36N2O6. The predicted molar refractivity (Wildman–Crippen MR) is 109 cm³/mol. The van der Waals surface area contributed by atoms with E-state index in [9.17, 15) is 24.6 Å². The van der Waals surface area contributed by atoms with E-state index in [0.717, 1.165) is 19.3 Å². The first-order valence-electron chi connectivity index (χ1n) is 10.3. The number of hydrogen-bond acceptors (Lipinski definition) is 6. The second-order valence-electron chi connectivity index (χ2n) is 8.32. The molecule has 0 aromatic heterocycles. The molecule has 3 atom stereocenters. The molecule has 0 aromatic carbocycles. The standard InChI is InChI=1S/C21H36N2O6/c1-14(2)8-6-5-7-9-18(26)22-17(11-24)20(28)23-16(10-15(3)4)19(27)21(12-25)13-29-21/h14,16-17,24-25H,3,5-13H2,1-2,4H3,(H,22,26)(H,23,28)/t16-,17+,21+/m1/s1. The molecule has 0 saturated carbocycles. The summed E-state index contributed by atoms with van der Waals surface area (Å²) in [5, 5.41) is 24.0. The van der Waals surface area contributed by atoms with Crippen molar-refractivity contribution in [3.8, 4) is 0 Å². The zero-order valence-corrected chi connectivity index (χ0v) is 17.8. The average Bonchev–Trinajstić information content (AvgIpc) is 3.45. The first kappa shape index (κ1) is 25.3. The molecule has 4 N–H and O–H groups in total. The smallest absolute Gasteiger partial charge is 0.245 e. The molecule has 29 heavy (non-hydrogen) atoms. The Balaban J connectivity index is 2.56. The Kier molecular flexibility index (Phi) is 10.5. The number of ketones is 1. The minimum Gasteiger partial charge on any atom is -0.394 e. The highest BCUT2D eigenvalue weighted by Crippen LogP contribution is 2.29. The van der Waals surface area contributed by atoms with Crippen LogP contribution in [0.2, 0.25) is 0 Å². The van der Waals surface area contributed by atoms with Gasteiger partial charge in [-0.25, -0.2) is 0 Å². The molecule has 1 aliphatic rings. The number of aliphatic hydroxyl groups is 2. The van der Waals surface area contributed by atoms with Crippen LogP contribution in [0, 0.1) is 5.92 Å². The predicted octanol–water partition coefficient (Wildman–Crippen LogP) is 0.851. The van der Waals surface area contributed by atoms with Crippen LogP contribution in [0.5, 0.6) is 0 Å². The van der Waals surface area contributed by atoms with Crippen molar-refractivity contribution >= 4 is 17.6 Å². The Bertz CT molecular complexity index is 586. The number of unbranched alkanes of at least 4 members (excludes halogenated alkanes) is 2. The molecule has 0 radical (unpaired) electrons. The van der Waals surface area contributed by atoms with E-state index in [1.165, 1.54) is 0 Å². The fourth-order valence-electron chi connectivity index (χ4n) is 3.02. The van der Waals surface area contributed by atoms with E-state index < -0.39 is 42.6 Å². The van der Waals surface area contributed by atoms with Crippen LogP contribution >= 0.6 is 0 Å². The molecule has 1 heterocycles. The SMILES string of the molecule is C=C(C)C[C@@H](NC(=O)[C@H](CO)NC(=O)CCCCCC(C)C)C(=O)[C@]1(CO)CO1. The van der Waals surface area contributed by atoms with Crippen LogP contribution in [0.1, 0.15) is 59.3 Å². The van der Waals surface area contributed by atoms with E-state index in [2.05, 4.69) is 31.1 Å². The number of carbonyl (C=O) groups is 3. The van der Waals surface area contributed by atoms with Gasteiger partial charge < -0.3 is 25.6 Å². The first-order chi connectivity index (χ1) is 13.6. The quantitative estimate of drug-likeness (QED) is 0.179. The molecule has 0 aromatic rings. The maximum atomic E-state index is 12.6. The molecule has 1 rings (SSSR count). The van der Waals surface area contributed by atoms with E-state index in [1.807, 2.05) is 0 Å². The van der Waals surface area contributed by atoms with E-state index in [1.54, 1.807) is 6.92 Å². The molecule has 1 aliphatic heterocycles. The van der Waals surface area contributed by atoms with Gasteiger partial charge in [-0.2, -0.15) is 0 Å².